The molecule has 7 nitrogen and oxygen atoms in total. The highest BCUT2D eigenvalue weighted by atomic mass is 19.1. The van der Waals surface area contributed by atoms with Crippen molar-refractivity contribution in [1.29, 1.82) is 0 Å². The Bertz CT molecular complexity index is 833. The van der Waals surface area contributed by atoms with Crippen LogP contribution in [0.25, 0.3) is 0 Å². The fraction of sp³-hybridized carbons (Fsp3) is 0.350. The van der Waals surface area contributed by atoms with Gasteiger partial charge in [0.1, 0.15) is 0 Å². The molecule has 0 bridgehead atoms. The lowest BCUT2D eigenvalue weighted by Gasteiger charge is -2.35. The summed E-state index contributed by atoms with van der Waals surface area (Å²) in [6, 6.07) is 9.99. The van der Waals surface area contributed by atoms with Gasteiger partial charge in [-0.05, 0) is 29.8 Å². The highest BCUT2D eigenvalue weighted by Gasteiger charge is 2.23. The molecule has 0 saturated carbocycles. The van der Waals surface area contributed by atoms with Crippen LogP contribution in [-0.2, 0) is 11.2 Å². The molecule has 0 aliphatic carbocycles. The highest BCUT2D eigenvalue weighted by Crippen LogP contribution is 2.18. The number of pyridine rings is 1. The molecule has 28 heavy (non-hydrogen) atoms. The summed E-state index contributed by atoms with van der Waals surface area (Å²) in [7, 11) is 3.44. The summed E-state index contributed by atoms with van der Waals surface area (Å²) in [5.41, 5.74) is 1.56. The number of nitrogens with one attached hydrogen (secondary N) is 1. The average Bonchev–Trinajstić information content (AvgIpc) is 2.70. The zero-order valence-corrected chi connectivity index (χ0v) is 16.1. The molecule has 0 unspecified atom stereocenters. The standard InChI is InChI=1S/C20H24FN5O2/c1-24(2)18(27)14-15-5-7-16(8-6-15)23-20(28)26-12-10-25(11-13-26)19-17(21)4-3-9-22-19/h3-9H,10-14H2,1-2H3,(H,23,28). The lowest BCUT2D eigenvalue weighted by atomic mass is 10.1. The van der Waals surface area contributed by atoms with Crippen LogP contribution in [0.5, 0.6) is 0 Å². The van der Waals surface area contributed by atoms with Gasteiger partial charge < -0.3 is 20.0 Å². The van der Waals surface area contributed by atoms with Crippen LogP contribution in [0, 0.1) is 5.82 Å². The molecule has 2 aromatic rings. The topological polar surface area (TPSA) is 68.8 Å². The van der Waals surface area contributed by atoms with Gasteiger partial charge in [0.15, 0.2) is 11.6 Å². The van der Waals surface area contributed by atoms with Gasteiger partial charge in [-0.15, -0.1) is 0 Å². The summed E-state index contributed by atoms with van der Waals surface area (Å²) in [6.45, 7) is 2.01. The number of amides is 3. The zero-order valence-electron chi connectivity index (χ0n) is 16.1. The van der Waals surface area contributed by atoms with Crippen molar-refractivity contribution in [2.45, 2.75) is 6.42 Å². The molecule has 1 N–H and O–H groups in total. The number of anilines is 2. The van der Waals surface area contributed by atoms with Crippen molar-refractivity contribution < 1.29 is 14.0 Å². The summed E-state index contributed by atoms with van der Waals surface area (Å²) >= 11 is 0. The summed E-state index contributed by atoms with van der Waals surface area (Å²) in [4.78, 5) is 33.4. The van der Waals surface area contributed by atoms with E-state index in [0.717, 1.165) is 5.56 Å². The molecular weight excluding hydrogens is 361 g/mol. The Kier molecular flexibility index (Phi) is 6.08. The lowest BCUT2D eigenvalue weighted by Crippen LogP contribution is -2.50. The maximum atomic E-state index is 13.9. The molecule has 1 aromatic heterocycles. The summed E-state index contributed by atoms with van der Waals surface area (Å²) < 4.78 is 13.9. The summed E-state index contributed by atoms with van der Waals surface area (Å²) in [5.74, 6) is -0.00217. The first-order chi connectivity index (χ1) is 13.4. The van der Waals surface area contributed by atoms with E-state index in [1.54, 1.807) is 48.3 Å². The van der Waals surface area contributed by atoms with Crippen LogP contribution in [0.15, 0.2) is 42.6 Å². The minimum atomic E-state index is -0.353. The first-order valence-corrected chi connectivity index (χ1v) is 9.14. The smallest absolute Gasteiger partial charge is 0.321 e. The van der Waals surface area contributed by atoms with Gasteiger partial charge in [-0.2, -0.15) is 0 Å². The second kappa shape index (κ2) is 8.69. The van der Waals surface area contributed by atoms with E-state index < -0.39 is 0 Å². The Hall–Kier alpha value is -3.16. The Morgan fingerprint density at radius 1 is 1.11 bits per heavy atom. The number of nitrogens with zero attached hydrogens (tertiary/aromatic N) is 4. The number of carbonyl (C=O) groups excluding carboxylic acids is 2. The van der Waals surface area contributed by atoms with Gasteiger partial charge >= 0.3 is 6.03 Å². The van der Waals surface area contributed by atoms with Crippen molar-refractivity contribution in [3.8, 4) is 0 Å². The van der Waals surface area contributed by atoms with Crippen molar-refractivity contribution in [3.05, 3.63) is 54.0 Å². The Labute approximate surface area is 163 Å². The maximum absolute atomic E-state index is 13.9. The molecule has 148 valence electrons. The van der Waals surface area contributed by atoms with Crippen molar-refractivity contribution in [1.82, 2.24) is 14.8 Å². The molecule has 2 heterocycles. The van der Waals surface area contributed by atoms with Crippen LogP contribution >= 0.6 is 0 Å². The predicted octanol–water partition coefficient (Wildman–Crippen LogP) is 2.21. The molecule has 3 rings (SSSR count). The quantitative estimate of drug-likeness (QED) is 0.876. The van der Waals surface area contributed by atoms with Gasteiger partial charge in [0, 0.05) is 52.2 Å². The Balaban J connectivity index is 1.52. The van der Waals surface area contributed by atoms with Crippen LogP contribution in [0.4, 0.5) is 20.7 Å². The maximum Gasteiger partial charge on any atom is 0.321 e. The van der Waals surface area contributed by atoms with Gasteiger partial charge in [0.25, 0.3) is 0 Å². The predicted molar refractivity (Wildman–Crippen MR) is 106 cm³/mol. The summed E-state index contributed by atoms with van der Waals surface area (Å²) in [6.07, 6.45) is 1.89. The van der Waals surface area contributed by atoms with E-state index in [9.17, 15) is 14.0 Å². The number of urea groups is 1. The van der Waals surface area contributed by atoms with Crippen molar-refractivity contribution in [3.63, 3.8) is 0 Å². The number of hydrogen-bond acceptors (Lipinski definition) is 4. The van der Waals surface area contributed by atoms with E-state index in [2.05, 4.69) is 10.3 Å². The molecule has 0 atom stereocenters. The van der Waals surface area contributed by atoms with Crippen molar-refractivity contribution in [2.75, 3.05) is 50.5 Å². The molecule has 8 heteroatoms. The fourth-order valence-corrected chi connectivity index (χ4v) is 2.97. The molecular formula is C20H24FN5O2. The van der Waals surface area contributed by atoms with Gasteiger partial charge in [-0.1, -0.05) is 12.1 Å². The van der Waals surface area contributed by atoms with E-state index in [1.807, 2.05) is 17.0 Å². The Morgan fingerprint density at radius 2 is 1.79 bits per heavy atom. The number of piperazine rings is 1. The molecule has 3 amide bonds. The minimum Gasteiger partial charge on any atom is -0.351 e. The average molecular weight is 385 g/mol. The number of benzene rings is 1. The second-order valence-corrected chi connectivity index (χ2v) is 6.87. The van der Waals surface area contributed by atoms with Gasteiger partial charge in [-0.25, -0.2) is 14.2 Å². The molecule has 1 fully saturated rings. The van der Waals surface area contributed by atoms with E-state index >= 15 is 0 Å². The Morgan fingerprint density at radius 3 is 2.39 bits per heavy atom. The third kappa shape index (κ3) is 4.76. The fourth-order valence-electron chi connectivity index (χ4n) is 2.97. The van der Waals surface area contributed by atoms with Crippen LogP contribution in [0.1, 0.15) is 5.56 Å². The SMILES string of the molecule is CN(C)C(=O)Cc1ccc(NC(=O)N2CCN(c3ncccc3F)CC2)cc1. The number of halogens is 1. The van der Waals surface area contributed by atoms with Gasteiger partial charge in [-0.3, -0.25) is 4.79 Å². The largest absolute Gasteiger partial charge is 0.351 e. The van der Waals surface area contributed by atoms with E-state index in [0.29, 0.717) is 44.1 Å². The van der Waals surface area contributed by atoms with Gasteiger partial charge in [0.05, 0.1) is 6.42 Å². The molecule has 0 spiro atoms. The molecule has 1 aliphatic heterocycles. The first kappa shape index (κ1) is 19.6. The summed E-state index contributed by atoms with van der Waals surface area (Å²) in [5, 5.41) is 2.86. The van der Waals surface area contributed by atoms with Crippen molar-refractivity contribution in [2.24, 2.45) is 0 Å². The first-order valence-electron chi connectivity index (χ1n) is 9.14. The van der Waals surface area contributed by atoms with Crippen LogP contribution < -0.4 is 10.2 Å². The number of hydrogen-bond donors (Lipinski definition) is 1. The number of likely N-dealkylation sites (N-methyl/N-ethyl adjacent to an activating group) is 1. The van der Waals surface area contributed by atoms with Crippen LogP contribution in [-0.4, -0.2) is 67.0 Å². The molecule has 1 saturated heterocycles. The van der Waals surface area contributed by atoms with Gasteiger partial charge in [0.2, 0.25) is 5.91 Å². The highest BCUT2D eigenvalue weighted by molar-refractivity contribution is 5.89. The number of carbonyl (C=O) groups is 2. The third-order valence-corrected chi connectivity index (χ3v) is 4.66. The minimum absolute atomic E-state index is 0.0269. The van der Waals surface area contributed by atoms with E-state index in [1.165, 1.54) is 6.07 Å². The van der Waals surface area contributed by atoms with E-state index in [-0.39, 0.29) is 17.8 Å². The van der Waals surface area contributed by atoms with E-state index in [4.69, 9.17) is 0 Å². The number of aromatic nitrogens is 1. The van der Waals surface area contributed by atoms with Crippen LogP contribution in [0.2, 0.25) is 0 Å². The monoisotopic (exact) mass is 385 g/mol. The zero-order chi connectivity index (χ0) is 20.1. The second-order valence-electron chi connectivity index (χ2n) is 6.87. The number of rotatable bonds is 4. The third-order valence-electron chi connectivity index (χ3n) is 4.66. The van der Waals surface area contributed by atoms with Crippen LogP contribution in [0.3, 0.4) is 0 Å². The molecule has 1 aliphatic rings. The molecule has 1 aromatic carbocycles. The molecule has 0 radical (unpaired) electrons. The van der Waals surface area contributed by atoms with Crippen molar-refractivity contribution >= 4 is 23.4 Å². The lowest BCUT2D eigenvalue weighted by molar-refractivity contribution is -0.127. The normalized spacial score (nSPS) is 14.0.